The van der Waals surface area contributed by atoms with Gasteiger partial charge in [-0.3, -0.25) is 4.79 Å². The summed E-state index contributed by atoms with van der Waals surface area (Å²) in [6, 6.07) is 8.13. The van der Waals surface area contributed by atoms with Crippen molar-refractivity contribution in [1.29, 1.82) is 0 Å². The smallest absolute Gasteiger partial charge is 0.433 e. The van der Waals surface area contributed by atoms with E-state index in [1.165, 1.54) is 12.1 Å². The van der Waals surface area contributed by atoms with Crippen LogP contribution in [-0.2, 0) is 6.18 Å². The maximum Gasteiger partial charge on any atom is 0.433 e. The van der Waals surface area contributed by atoms with Crippen LogP contribution < -0.4 is 10.1 Å². The molecule has 7 heteroatoms. The zero-order valence-electron chi connectivity index (χ0n) is 12.6. The van der Waals surface area contributed by atoms with Crippen LogP contribution in [0.3, 0.4) is 0 Å². The number of amides is 1. The summed E-state index contributed by atoms with van der Waals surface area (Å²) in [6.07, 6.45) is -4.56. The number of halogens is 3. The Morgan fingerprint density at radius 3 is 2.61 bits per heavy atom. The molecule has 0 aliphatic heterocycles. The van der Waals surface area contributed by atoms with Gasteiger partial charge in [0.05, 0.1) is 6.61 Å². The summed E-state index contributed by atoms with van der Waals surface area (Å²) in [5.74, 6) is -0.0411. The van der Waals surface area contributed by atoms with Crippen LogP contribution in [0.4, 0.5) is 19.0 Å². The monoisotopic (exact) mass is 324 g/mol. The molecule has 0 aliphatic carbocycles. The van der Waals surface area contributed by atoms with Gasteiger partial charge < -0.3 is 10.1 Å². The lowest BCUT2D eigenvalue weighted by Gasteiger charge is -2.10. The molecule has 2 rings (SSSR count). The SMILES string of the molecule is CCOc1ccc(C(=O)Nc2cccc(C(F)(F)F)n2)cc1C. The van der Waals surface area contributed by atoms with Crippen LogP contribution in [0.2, 0.25) is 0 Å². The van der Waals surface area contributed by atoms with Crippen molar-refractivity contribution in [2.24, 2.45) is 0 Å². The number of carbonyl (C=O) groups excluding carboxylic acids is 1. The van der Waals surface area contributed by atoms with Crippen molar-refractivity contribution in [3.63, 3.8) is 0 Å². The van der Waals surface area contributed by atoms with E-state index in [-0.39, 0.29) is 5.82 Å². The molecule has 0 spiro atoms. The normalized spacial score (nSPS) is 11.2. The molecule has 1 heterocycles. The van der Waals surface area contributed by atoms with Crippen LogP contribution in [0.15, 0.2) is 36.4 Å². The molecule has 1 N–H and O–H groups in total. The summed E-state index contributed by atoms with van der Waals surface area (Å²) in [4.78, 5) is 15.5. The lowest BCUT2D eigenvalue weighted by atomic mass is 10.1. The number of hydrogen-bond donors (Lipinski definition) is 1. The number of aryl methyl sites for hydroxylation is 1. The van der Waals surface area contributed by atoms with Gasteiger partial charge >= 0.3 is 6.18 Å². The lowest BCUT2D eigenvalue weighted by Crippen LogP contribution is -2.15. The Bertz CT molecular complexity index is 715. The van der Waals surface area contributed by atoms with Gasteiger partial charge in [-0.25, -0.2) is 4.98 Å². The van der Waals surface area contributed by atoms with Crippen molar-refractivity contribution >= 4 is 11.7 Å². The highest BCUT2D eigenvalue weighted by molar-refractivity contribution is 6.04. The number of nitrogens with one attached hydrogen (secondary N) is 1. The predicted octanol–water partition coefficient (Wildman–Crippen LogP) is 4.06. The molecule has 0 fully saturated rings. The highest BCUT2D eigenvalue weighted by Gasteiger charge is 2.32. The molecular weight excluding hydrogens is 309 g/mol. The number of alkyl halides is 3. The van der Waals surface area contributed by atoms with Gasteiger partial charge in [-0.05, 0) is 49.7 Å². The molecule has 0 saturated heterocycles. The Kier molecular flexibility index (Phi) is 4.88. The number of benzene rings is 1. The summed E-state index contributed by atoms with van der Waals surface area (Å²) in [7, 11) is 0. The van der Waals surface area contributed by atoms with E-state index in [1.54, 1.807) is 25.1 Å². The molecule has 1 amide bonds. The third kappa shape index (κ3) is 4.21. The summed E-state index contributed by atoms with van der Waals surface area (Å²) < 4.78 is 43.2. The average Bonchev–Trinajstić information content (AvgIpc) is 2.49. The fourth-order valence-corrected chi connectivity index (χ4v) is 1.96. The molecule has 0 unspecified atom stereocenters. The number of ether oxygens (including phenoxy) is 1. The Balaban J connectivity index is 2.18. The molecule has 0 aliphatic rings. The van der Waals surface area contributed by atoms with Gasteiger partial charge in [0.15, 0.2) is 0 Å². The molecule has 0 radical (unpaired) electrons. The summed E-state index contributed by atoms with van der Waals surface area (Å²) in [5, 5.41) is 2.36. The van der Waals surface area contributed by atoms with Gasteiger partial charge in [0.25, 0.3) is 5.91 Å². The van der Waals surface area contributed by atoms with Crippen molar-refractivity contribution < 1.29 is 22.7 Å². The Hall–Kier alpha value is -2.57. The summed E-state index contributed by atoms with van der Waals surface area (Å²) >= 11 is 0. The van der Waals surface area contributed by atoms with Gasteiger partial charge in [0.1, 0.15) is 17.3 Å². The zero-order valence-corrected chi connectivity index (χ0v) is 12.6. The average molecular weight is 324 g/mol. The van der Waals surface area contributed by atoms with Gasteiger partial charge in [0, 0.05) is 5.56 Å². The molecule has 1 aromatic carbocycles. The van der Waals surface area contributed by atoms with E-state index < -0.39 is 17.8 Å². The number of pyridine rings is 1. The molecule has 0 saturated carbocycles. The second-order valence-electron chi connectivity index (χ2n) is 4.77. The number of nitrogens with zero attached hydrogens (tertiary/aromatic N) is 1. The minimum Gasteiger partial charge on any atom is -0.494 e. The zero-order chi connectivity index (χ0) is 17.0. The van der Waals surface area contributed by atoms with Crippen LogP contribution in [0.25, 0.3) is 0 Å². The fourth-order valence-electron chi connectivity index (χ4n) is 1.96. The molecular formula is C16H15F3N2O2. The Morgan fingerprint density at radius 2 is 2.00 bits per heavy atom. The van der Waals surface area contributed by atoms with Gasteiger partial charge in [-0.2, -0.15) is 13.2 Å². The van der Waals surface area contributed by atoms with Gasteiger partial charge in [-0.1, -0.05) is 6.07 Å². The maximum atomic E-state index is 12.6. The molecule has 23 heavy (non-hydrogen) atoms. The first-order valence-corrected chi connectivity index (χ1v) is 6.90. The highest BCUT2D eigenvalue weighted by atomic mass is 19.4. The number of aromatic nitrogens is 1. The fraction of sp³-hybridized carbons (Fsp3) is 0.250. The van der Waals surface area contributed by atoms with E-state index in [4.69, 9.17) is 4.74 Å². The van der Waals surface area contributed by atoms with Crippen molar-refractivity contribution in [2.75, 3.05) is 11.9 Å². The van der Waals surface area contributed by atoms with Gasteiger partial charge in [0.2, 0.25) is 0 Å². The van der Waals surface area contributed by atoms with Crippen molar-refractivity contribution in [3.05, 3.63) is 53.2 Å². The maximum absolute atomic E-state index is 12.6. The van der Waals surface area contributed by atoms with Crippen LogP contribution in [0, 0.1) is 6.92 Å². The minimum absolute atomic E-state index is 0.156. The quantitative estimate of drug-likeness (QED) is 0.923. The Labute approximate surface area is 131 Å². The summed E-state index contributed by atoms with van der Waals surface area (Å²) in [6.45, 7) is 4.13. The molecule has 122 valence electrons. The number of carbonyl (C=O) groups is 1. The van der Waals surface area contributed by atoms with E-state index in [9.17, 15) is 18.0 Å². The summed E-state index contributed by atoms with van der Waals surface area (Å²) in [5.41, 5.74) is 0.0137. The van der Waals surface area contributed by atoms with Crippen molar-refractivity contribution in [1.82, 2.24) is 4.98 Å². The number of rotatable bonds is 4. The lowest BCUT2D eigenvalue weighted by molar-refractivity contribution is -0.141. The first-order valence-electron chi connectivity index (χ1n) is 6.90. The van der Waals surface area contributed by atoms with Crippen molar-refractivity contribution in [2.45, 2.75) is 20.0 Å². The molecule has 2 aromatic rings. The largest absolute Gasteiger partial charge is 0.494 e. The third-order valence-corrected chi connectivity index (χ3v) is 3.02. The first-order chi connectivity index (χ1) is 10.8. The Morgan fingerprint density at radius 1 is 1.26 bits per heavy atom. The van der Waals surface area contributed by atoms with Crippen LogP contribution >= 0.6 is 0 Å². The predicted molar refractivity (Wildman–Crippen MR) is 79.5 cm³/mol. The molecule has 1 aromatic heterocycles. The van der Waals surface area contributed by atoms with E-state index in [0.29, 0.717) is 17.9 Å². The molecule has 0 bridgehead atoms. The first kappa shape index (κ1) is 16.8. The van der Waals surface area contributed by atoms with Gasteiger partial charge in [-0.15, -0.1) is 0 Å². The van der Waals surface area contributed by atoms with E-state index in [1.807, 2.05) is 6.92 Å². The minimum atomic E-state index is -4.56. The van der Waals surface area contributed by atoms with Crippen LogP contribution in [-0.4, -0.2) is 17.5 Å². The van der Waals surface area contributed by atoms with E-state index in [2.05, 4.69) is 10.3 Å². The standard InChI is InChI=1S/C16H15F3N2O2/c1-3-23-12-8-7-11(9-10(12)2)15(22)21-14-6-4-5-13(20-14)16(17,18)19/h4-9H,3H2,1-2H3,(H,20,21,22). The number of anilines is 1. The van der Waals surface area contributed by atoms with Crippen LogP contribution in [0.1, 0.15) is 28.5 Å². The highest BCUT2D eigenvalue weighted by Crippen LogP contribution is 2.28. The van der Waals surface area contributed by atoms with E-state index >= 15 is 0 Å². The second kappa shape index (κ2) is 6.68. The topological polar surface area (TPSA) is 51.2 Å². The van der Waals surface area contributed by atoms with Crippen molar-refractivity contribution in [3.8, 4) is 5.75 Å². The molecule has 4 nitrogen and oxygen atoms in total. The van der Waals surface area contributed by atoms with Crippen LogP contribution in [0.5, 0.6) is 5.75 Å². The van der Waals surface area contributed by atoms with E-state index in [0.717, 1.165) is 11.6 Å². The molecule has 0 atom stereocenters. The third-order valence-electron chi connectivity index (χ3n) is 3.02. The second-order valence-corrected chi connectivity index (χ2v) is 4.77. The number of hydrogen-bond acceptors (Lipinski definition) is 3.